The summed E-state index contributed by atoms with van der Waals surface area (Å²) in [5, 5.41) is 6.17. The van der Waals surface area contributed by atoms with E-state index in [4.69, 9.17) is 16.6 Å². The van der Waals surface area contributed by atoms with Crippen LogP contribution < -0.4 is 5.32 Å². The van der Waals surface area contributed by atoms with Crippen molar-refractivity contribution in [3.63, 3.8) is 0 Å². The Balaban J connectivity index is 1.49. The lowest BCUT2D eigenvalue weighted by Crippen LogP contribution is -2.50. The lowest BCUT2D eigenvalue weighted by Gasteiger charge is -2.42. The van der Waals surface area contributed by atoms with Gasteiger partial charge < -0.3 is 10.2 Å². The highest BCUT2D eigenvalue weighted by atomic mass is 35.5. The molecule has 0 unspecified atom stereocenters. The van der Waals surface area contributed by atoms with E-state index in [0.717, 1.165) is 29.0 Å². The summed E-state index contributed by atoms with van der Waals surface area (Å²) in [6.45, 7) is 1.41. The zero-order valence-corrected chi connectivity index (χ0v) is 14.0. The minimum Gasteiger partial charge on any atom is -0.361 e. The number of piperidine rings is 1. The van der Waals surface area contributed by atoms with E-state index in [1.807, 2.05) is 46.8 Å². The highest BCUT2D eigenvalue weighted by Gasteiger charge is 2.37. The molecule has 118 valence electrons. The fourth-order valence-electron chi connectivity index (χ4n) is 3.14. The number of halogens is 1. The van der Waals surface area contributed by atoms with Gasteiger partial charge in [-0.05, 0) is 23.6 Å². The maximum atomic E-state index is 12.4. The Morgan fingerprint density at radius 2 is 2.09 bits per heavy atom. The van der Waals surface area contributed by atoms with Crippen LogP contribution in [0.4, 0.5) is 5.69 Å². The number of aliphatic imine (C=N–C) groups is 1. The summed E-state index contributed by atoms with van der Waals surface area (Å²) in [4.78, 5) is 19.9. The lowest BCUT2D eigenvalue weighted by atomic mass is 9.94. The molecule has 6 heteroatoms. The van der Waals surface area contributed by atoms with Gasteiger partial charge in [0.2, 0.25) is 0 Å². The largest absolute Gasteiger partial charge is 0.361 e. The second-order valence-electron chi connectivity index (χ2n) is 5.89. The zero-order chi connectivity index (χ0) is 15.9. The van der Waals surface area contributed by atoms with Gasteiger partial charge in [-0.2, -0.15) is 0 Å². The quantitative estimate of drug-likeness (QED) is 0.852. The van der Waals surface area contributed by atoms with Gasteiger partial charge >= 0.3 is 0 Å². The van der Waals surface area contributed by atoms with E-state index in [-0.39, 0.29) is 11.6 Å². The first-order valence-electron chi connectivity index (χ1n) is 7.62. The van der Waals surface area contributed by atoms with E-state index in [0.29, 0.717) is 18.1 Å². The molecule has 0 aliphatic carbocycles. The number of nitrogens with one attached hydrogen (secondary N) is 1. The van der Waals surface area contributed by atoms with Crippen molar-refractivity contribution in [2.45, 2.75) is 18.5 Å². The average molecular weight is 346 g/mol. The number of hydrogen-bond acceptors (Lipinski definition) is 4. The zero-order valence-electron chi connectivity index (χ0n) is 12.5. The second kappa shape index (κ2) is 5.65. The minimum atomic E-state index is -0.316. The molecule has 4 rings (SSSR count). The number of carbonyl (C=O) groups is 1. The van der Waals surface area contributed by atoms with Crippen molar-refractivity contribution >= 4 is 40.7 Å². The van der Waals surface area contributed by atoms with E-state index in [1.54, 1.807) is 0 Å². The molecular formula is C17H16ClN3OS. The maximum absolute atomic E-state index is 12.4. The molecular weight excluding hydrogens is 330 g/mol. The molecule has 1 fully saturated rings. The van der Waals surface area contributed by atoms with Crippen molar-refractivity contribution in [3.8, 4) is 0 Å². The summed E-state index contributed by atoms with van der Waals surface area (Å²) in [5.74, 6) is 0.123. The predicted molar refractivity (Wildman–Crippen MR) is 94.9 cm³/mol. The number of anilines is 1. The summed E-state index contributed by atoms with van der Waals surface area (Å²) in [5.41, 5.74) is 1.65. The Labute approximate surface area is 143 Å². The summed E-state index contributed by atoms with van der Waals surface area (Å²) in [6, 6.07) is 9.63. The third-order valence-electron chi connectivity index (χ3n) is 4.47. The number of thiophene rings is 1. The number of carbonyl (C=O) groups excluding carboxylic acids is 1. The standard InChI is InChI=1S/C17H16ClN3OS/c18-13-3-1-4-14-12(13)11-19-17(20-14)6-8-21(9-7-17)16(22)15-5-2-10-23-15/h1-5,10-11,20H,6-9H2. The maximum Gasteiger partial charge on any atom is 0.263 e. The van der Waals surface area contributed by atoms with Crippen LogP contribution in [0.25, 0.3) is 0 Å². The molecule has 1 spiro atoms. The molecule has 2 aromatic rings. The van der Waals surface area contributed by atoms with Crippen LogP contribution in [0.1, 0.15) is 28.1 Å². The molecule has 1 N–H and O–H groups in total. The van der Waals surface area contributed by atoms with Crippen LogP contribution in [-0.4, -0.2) is 35.8 Å². The molecule has 23 heavy (non-hydrogen) atoms. The van der Waals surface area contributed by atoms with Crippen molar-refractivity contribution < 1.29 is 4.79 Å². The van der Waals surface area contributed by atoms with Crippen LogP contribution in [0.15, 0.2) is 40.7 Å². The van der Waals surface area contributed by atoms with Crippen molar-refractivity contribution in [2.75, 3.05) is 18.4 Å². The molecule has 1 saturated heterocycles. The number of benzene rings is 1. The first kappa shape index (κ1) is 14.7. The molecule has 0 bridgehead atoms. The number of amides is 1. The van der Waals surface area contributed by atoms with Crippen molar-refractivity contribution in [3.05, 3.63) is 51.2 Å². The molecule has 2 aliphatic rings. The van der Waals surface area contributed by atoms with E-state index >= 15 is 0 Å². The number of rotatable bonds is 1. The molecule has 1 aromatic heterocycles. The molecule has 0 radical (unpaired) electrons. The van der Waals surface area contributed by atoms with Crippen LogP contribution in [0, 0.1) is 0 Å². The van der Waals surface area contributed by atoms with E-state index in [9.17, 15) is 4.79 Å². The fraction of sp³-hybridized carbons (Fsp3) is 0.294. The van der Waals surface area contributed by atoms with Crippen molar-refractivity contribution in [1.29, 1.82) is 0 Å². The van der Waals surface area contributed by atoms with Gasteiger partial charge in [-0.1, -0.05) is 23.7 Å². The van der Waals surface area contributed by atoms with Crippen molar-refractivity contribution in [1.82, 2.24) is 4.90 Å². The highest BCUT2D eigenvalue weighted by molar-refractivity contribution is 7.12. The Morgan fingerprint density at radius 3 is 2.83 bits per heavy atom. The Bertz CT molecular complexity index is 764. The SMILES string of the molecule is O=C(c1cccs1)N1CCC2(CC1)N=Cc1c(Cl)cccc1N2. The van der Waals surface area contributed by atoms with E-state index in [1.165, 1.54) is 11.3 Å². The third-order valence-corrected chi connectivity index (χ3v) is 5.66. The highest BCUT2D eigenvalue weighted by Crippen LogP contribution is 2.35. The van der Waals surface area contributed by atoms with Crippen LogP contribution in [0.5, 0.6) is 0 Å². The minimum absolute atomic E-state index is 0.123. The van der Waals surface area contributed by atoms with Gasteiger partial charge in [-0.3, -0.25) is 9.79 Å². The normalized spacial score (nSPS) is 18.6. The number of fused-ring (bicyclic) bond motifs is 1. The van der Waals surface area contributed by atoms with Gasteiger partial charge in [0.1, 0.15) is 5.66 Å². The van der Waals surface area contributed by atoms with Crippen LogP contribution >= 0.6 is 22.9 Å². The summed E-state index contributed by atoms with van der Waals surface area (Å²) in [6.07, 6.45) is 3.46. The molecule has 0 saturated carbocycles. The molecule has 4 nitrogen and oxygen atoms in total. The van der Waals surface area contributed by atoms with Gasteiger partial charge in [0.25, 0.3) is 5.91 Å². The number of nitrogens with zero attached hydrogens (tertiary/aromatic N) is 2. The molecule has 1 amide bonds. The molecule has 0 atom stereocenters. The van der Waals surface area contributed by atoms with Gasteiger partial charge in [-0.15, -0.1) is 11.3 Å². The Hall–Kier alpha value is -1.85. The van der Waals surface area contributed by atoms with E-state index in [2.05, 4.69) is 5.32 Å². The van der Waals surface area contributed by atoms with Crippen LogP contribution in [-0.2, 0) is 0 Å². The topological polar surface area (TPSA) is 44.7 Å². The third kappa shape index (κ3) is 2.64. The molecule has 3 heterocycles. The summed E-state index contributed by atoms with van der Waals surface area (Å²) >= 11 is 7.70. The summed E-state index contributed by atoms with van der Waals surface area (Å²) < 4.78 is 0. The first-order valence-corrected chi connectivity index (χ1v) is 8.87. The van der Waals surface area contributed by atoms with E-state index < -0.39 is 0 Å². The first-order chi connectivity index (χ1) is 11.2. The smallest absolute Gasteiger partial charge is 0.263 e. The van der Waals surface area contributed by atoms with Gasteiger partial charge in [0, 0.05) is 43.4 Å². The lowest BCUT2D eigenvalue weighted by molar-refractivity contribution is 0.0691. The van der Waals surface area contributed by atoms with Crippen LogP contribution in [0.2, 0.25) is 5.02 Å². The Kier molecular flexibility index (Phi) is 3.62. The van der Waals surface area contributed by atoms with Gasteiger partial charge in [0.05, 0.1) is 9.90 Å². The van der Waals surface area contributed by atoms with Crippen molar-refractivity contribution in [2.24, 2.45) is 4.99 Å². The monoisotopic (exact) mass is 345 g/mol. The average Bonchev–Trinajstić information content (AvgIpc) is 3.09. The summed E-state index contributed by atoms with van der Waals surface area (Å²) in [7, 11) is 0. The number of hydrogen-bond donors (Lipinski definition) is 1. The number of likely N-dealkylation sites (tertiary alicyclic amines) is 1. The predicted octanol–water partition coefficient (Wildman–Crippen LogP) is 3.88. The van der Waals surface area contributed by atoms with Gasteiger partial charge in [-0.25, -0.2) is 0 Å². The van der Waals surface area contributed by atoms with Crippen LogP contribution in [0.3, 0.4) is 0 Å². The second-order valence-corrected chi connectivity index (χ2v) is 7.24. The fourth-order valence-corrected chi connectivity index (χ4v) is 4.05. The molecule has 2 aliphatic heterocycles. The molecule has 1 aromatic carbocycles. The van der Waals surface area contributed by atoms with Gasteiger partial charge in [0.15, 0.2) is 0 Å². The Morgan fingerprint density at radius 1 is 1.26 bits per heavy atom.